The summed E-state index contributed by atoms with van der Waals surface area (Å²) in [6, 6.07) is 2.66. The zero-order chi connectivity index (χ0) is 11.4. The van der Waals surface area contributed by atoms with Crippen LogP contribution in [-0.2, 0) is 6.42 Å². The van der Waals surface area contributed by atoms with Crippen LogP contribution in [0.3, 0.4) is 0 Å². The molecule has 0 radical (unpaired) electrons. The van der Waals surface area contributed by atoms with E-state index in [9.17, 15) is 10.1 Å². The van der Waals surface area contributed by atoms with Gasteiger partial charge in [0.2, 0.25) is 5.88 Å². The van der Waals surface area contributed by atoms with Crippen LogP contribution in [0.1, 0.15) is 12.6 Å². The lowest BCUT2D eigenvalue weighted by Crippen LogP contribution is -2.19. The van der Waals surface area contributed by atoms with Crippen molar-refractivity contribution in [2.24, 2.45) is 5.73 Å². The second kappa shape index (κ2) is 4.70. The maximum Gasteiger partial charge on any atom is 0.291 e. The first-order chi connectivity index (χ1) is 7.04. The molecule has 0 saturated heterocycles. The molecule has 1 rings (SSSR count). The van der Waals surface area contributed by atoms with Crippen molar-refractivity contribution in [2.45, 2.75) is 19.4 Å². The smallest absolute Gasteiger partial charge is 0.291 e. The van der Waals surface area contributed by atoms with Gasteiger partial charge in [0.15, 0.2) is 0 Å². The van der Waals surface area contributed by atoms with Crippen molar-refractivity contribution in [1.29, 1.82) is 0 Å². The van der Waals surface area contributed by atoms with Crippen LogP contribution < -0.4 is 10.5 Å². The monoisotopic (exact) mass is 211 g/mol. The van der Waals surface area contributed by atoms with Crippen molar-refractivity contribution in [1.82, 2.24) is 4.98 Å². The topological polar surface area (TPSA) is 91.3 Å². The average Bonchev–Trinajstić information content (AvgIpc) is 2.16. The molecule has 1 aromatic heterocycles. The van der Waals surface area contributed by atoms with Gasteiger partial charge < -0.3 is 10.5 Å². The summed E-state index contributed by atoms with van der Waals surface area (Å²) in [6.45, 7) is 1.77. The first-order valence-corrected chi connectivity index (χ1v) is 4.48. The molecule has 0 aliphatic heterocycles. The predicted molar refractivity (Wildman–Crippen MR) is 54.8 cm³/mol. The molecule has 6 heteroatoms. The summed E-state index contributed by atoms with van der Waals surface area (Å²) >= 11 is 0. The van der Waals surface area contributed by atoms with E-state index in [2.05, 4.69) is 4.98 Å². The molecular weight excluding hydrogens is 198 g/mol. The van der Waals surface area contributed by atoms with Gasteiger partial charge in [-0.2, -0.15) is 0 Å². The number of methoxy groups -OCH3 is 1. The van der Waals surface area contributed by atoms with Crippen LogP contribution in [0.15, 0.2) is 12.1 Å². The van der Waals surface area contributed by atoms with Gasteiger partial charge in [-0.1, -0.05) is 0 Å². The quantitative estimate of drug-likeness (QED) is 0.589. The van der Waals surface area contributed by atoms with Gasteiger partial charge in [0, 0.05) is 24.6 Å². The minimum Gasteiger partial charge on any atom is -0.481 e. The summed E-state index contributed by atoms with van der Waals surface area (Å²) in [5.74, 6) is 0.358. The Morgan fingerprint density at radius 3 is 2.80 bits per heavy atom. The highest BCUT2D eigenvalue weighted by Crippen LogP contribution is 2.20. The van der Waals surface area contributed by atoms with E-state index in [0.717, 1.165) is 0 Å². The molecule has 0 aliphatic carbocycles. The Morgan fingerprint density at radius 1 is 1.67 bits per heavy atom. The zero-order valence-corrected chi connectivity index (χ0v) is 8.64. The van der Waals surface area contributed by atoms with Gasteiger partial charge in [0.1, 0.15) is 5.69 Å². The zero-order valence-electron chi connectivity index (χ0n) is 8.64. The molecule has 0 bridgehead atoms. The van der Waals surface area contributed by atoms with Crippen LogP contribution in [0.2, 0.25) is 0 Å². The Bertz CT molecular complexity index is 366. The number of hydrogen-bond donors (Lipinski definition) is 1. The third kappa shape index (κ3) is 2.88. The number of nitro groups is 1. The van der Waals surface area contributed by atoms with Gasteiger partial charge in [0.25, 0.3) is 5.69 Å². The molecule has 1 atom stereocenters. The van der Waals surface area contributed by atoms with Crippen LogP contribution in [-0.4, -0.2) is 23.1 Å². The second-order valence-electron chi connectivity index (χ2n) is 3.26. The SMILES string of the molecule is COc1ccc([N+](=O)[O-])c(CC(C)N)n1. The molecule has 15 heavy (non-hydrogen) atoms. The van der Waals surface area contributed by atoms with E-state index in [1.807, 2.05) is 0 Å². The fraction of sp³-hybridized carbons (Fsp3) is 0.444. The molecule has 1 aromatic rings. The predicted octanol–water partition coefficient (Wildman–Crippen LogP) is 0.888. The van der Waals surface area contributed by atoms with Crippen molar-refractivity contribution in [3.8, 4) is 5.88 Å². The molecule has 0 saturated carbocycles. The number of pyridine rings is 1. The molecule has 82 valence electrons. The molecule has 0 fully saturated rings. The van der Waals surface area contributed by atoms with Gasteiger partial charge in [-0.05, 0) is 6.92 Å². The number of nitrogens with zero attached hydrogens (tertiary/aromatic N) is 2. The van der Waals surface area contributed by atoms with E-state index in [0.29, 0.717) is 18.0 Å². The molecule has 0 aromatic carbocycles. The molecule has 2 N–H and O–H groups in total. The summed E-state index contributed by atoms with van der Waals surface area (Å²) < 4.78 is 4.90. The maximum atomic E-state index is 10.7. The van der Waals surface area contributed by atoms with E-state index in [-0.39, 0.29) is 11.7 Å². The van der Waals surface area contributed by atoms with Crippen LogP contribution in [0.25, 0.3) is 0 Å². The summed E-state index contributed by atoms with van der Waals surface area (Å²) in [7, 11) is 1.46. The Labute approximate surface area is 87.2 Å². The van der Waals surface area contributed by atoms with Gasteiger partial charge in [-0.15, -0.1) is 0 Å². The number of nitrogens with two attached hydrogens (primary N) is 1. The summed E-state index contributed by atoms with van der Waals surface area (Å²) in [4.78, 5) is 14.2. The van der Waals surface area contributed by atoms with Gasteiger partial charge in [0.05, 0.1) is 12.0 Å². The van der Waals surface area contributed by atoms with E-state index < -0.39 is 4.92 Å². The van der Waals surface area contributed by atoms with Crippen LogP contribution in [0, 0.1) is 10.1 Å². The Kier molecular flexibility index (Phi) is 3.56. The Balaban J connectivity index is 3.10. The average molecular weight is 211 g/mol. The Hall–Kier alpha value is -1.69. The van der Waals surface area contributed by atoms with E-state index in [1.165, 1.54) is 19.2 Å². The Morgan fingerprint density at radius 2 is 2.33 bits per heavy atom. The third-order valence-electron chi connectivity index (χ3n) is 1.85. The van der Waals surface area contributed by atoms with Gasteiger partial charge >= 0.3 is 0 Å². The van der Waals surface area contributed by atoms with E-state index in [1.54, 1.807) is 6.92 Å². The third-order valence-corrected chi connectivity index (χ3v) is 1.85. The highest BCUT2D eigenvalue weighted by Gasteiger charge is 2.17. The largest absolute Gasteiger partial charge is 0.481 e. The normalized spacial score (nSPS) is 12.2. The van der Waals surface area contributed by atoms with Crippen molar-refractivity contribution in [3.63, 3.8) is 0 Å². The fourth-order valence-electron chi connectivity index (χ4n) is 1.21. The molecule has 1 unspecified atom stereocenters. The minimum atomic E-state index is -0.468. The second-order valence-corrected chi connectivity index (χ2v) is 3.26. The van der Waals surface area contributed by atoms with Crippen molar-refractivity contribution in [2.75, 3.05) is 7.11 Å². The maximum absolute atomic E-state index is 10.7. The van der Waals surface area contributed by atoms with Crippen LogP contribution in [0.5, 0.6) is 5.88 Å². The molecular formula is C9H13N3O3. The lowest BCUT2D eigenvalue weighted by Gasteiger charge is -2.06. The first-order valence-electron chi connectivity index (χ1n) is 4.48. The van der Waals surface area contributed by atoms with E-state index >= 15 is 0 Å². The lowest BCUT2D eigenvalue weighted by atomic mass is 10.1. The van der Waals surface area contributed by atoms with Crippen LogP contribution in [0.4, 0.5) is 5.69 Å². The molecule has 1 heterocycles. The summed E-state index contributed by atoms with van der Waals surface area (Å²) in [6.07, 6.45) is 0.355. The van der Waals surface area contributed by atoms with E-state index in [4.69, 9.17) is 10.5 Å². The highest BCUT2D eigenvalue weighted by molar-refractivity contribution is 5.38. The number of ether oxygens (including phenoxy) is 1. The fourth-order valence-corrected chi connectivity index (χ4v) is 1.21. The molecule has 6 nitrogen and oxygen atoms in total. The summed E-state index contributed by atoms with van der Waals surface area (Å²) in [5, 5.41) is 10.7. The van der Waals surface area contributed by atoms with Crippen molar-refractivity contribution >= 4 is 5.69 Å². The first kappa shape index (κ1) is 11.4. The summed E-state index contributed by atoms with van der Waals surface area (Å²) in [5.41, 5.74) is 5.92. The minimum absolute atomic E-state index is 0.0203. The highest BCUT2D eigenvalue weighted by atomic mass is 16.6. The lowest BCUT2D eigenvalue weighted by molar-refractivity contribution is -0.386. The van der Waals surface area contributed by atoms with Crippen molar-refractivity contribution < 1.29 is 9.66 Å². The van der Waals surface area contributed by atoms with Gasteiger partial charge in [-0.3, -0.25) is 10.1 Å². The number of hydrogen-bond acceptors (Lipinski definition) is 5. The standard InChI is InChI=1S/C9H13N3O3/c1-6(10)5-7-8(12(13)14)3-4-9(11-7)15-2/h3-4,6H,5,10H2,1-2H3. The van der Waals surface area contributed by atoms with Crippen LogP contribution >= 0.6 is 0 Å². The molecule has 0 amide bonds. The molecule has 0 spiro atoms. The number of aromatic nitrogens is 1. The molecule has 0 aliphatic rings. The number of rotatable bonds is 4. The van der Waals surface area contributed by atoms with Crippen molar-refractivity contribution in [3.05, 3.63) is 27.9 Å². The van der Waals surface area contributed by atoms with Gasteiger partial charge in [-0.25, -0.2) is 4.98 Å².